The molecule has 0 aliphatic carbocycles. The molecule has 0 unspecified atom stereocenters. The van der Waals surface area contributed by atoms with Crippen molar-refractivity contribution in [3.8, 4) is 0 Å². The highest BCUT2D eigenvalue weighted by atomic mass is 16.5. The lowest BCUT2D eigenvalue weighted by molar-refractivity contribution is -0.150. The van der Waals surface area contributed by atoms with E-state index in [9.17, 15) is 9.90 Å². The molecule has 0 aromatic carbocycles. The van der Waals surface area contributed by atoms with E-state index in [0.29, 0.717) is 12.2 Å². The number of carbonyl (C=O) groups is 1. The van der Waals surface area contributed by atoms with Crippen molar-refractivity contribution in [3.05, 3.63) is 11.1 Å². The normalized spacial score (nSPS) is 12.1. The first-order valence-electron chi connectivity index (χ1n) is 3.99. The summed E-state index contributed by atoms with van der Waals surface area (Å²) >= 11 is 0. The number of carbonyl (C=O) groups excluding carboxylic acids is 1. The van der Waals surface area contributed by atoms with Gasteiger partial charge in [-0.05, 0) is 33.3 Å². The van der Waals surface area contributed by atoms with E-state index in [0.717, 1.165) is 5.57 Å². The van der Waals surface area contributed by atoms with Gasteiger partial charge in [-0.25, -0.2) is 4.79 Å². The summed E-state index contributed by atoms with van der Waals surface area (Å²) < 4.78 is 4.65. The van der Waals surface area contributed by atoms with Crippen LogP contribution in [0.25, 0.3) is 0 Å². The summed E-state index contributed by atoms with van der Waals surface area (Å²) in [5, 5.41) is 9.36. The van der Waals surface area contributed by atoms with Crippen molar-refractivity contribution < 1.29 is 14.6 Å². The third-order valence-electron chi connectivity index (χ3n) is 1.71. The van der Waals surface area contributed by atoms with Gasteiger partial charge in [0, 0.05) is 0 Å². The second kappa shape index (κ2) is 4.93. The van der Waals surface area contributed by atoms with Crippen molar-refractivity contribution in [1.29, 1.82) is 0 Å². The zero-order chi connectivity index (χ0) is 9.72. The Hall–Kier alpha value is -0.830. The van der Waals surface area contributed by atoms with Gasteiger partial charge in [-0.3, -0.25) is 0 Å². The quantitative estimate of drug-likeness (QED) is 0.515. The molecule has 3 nitrogen and oxygen atoms in total. The van der Waals surface area contributed by atoms with Crippen molar-refractivity contribution in [3.63, 3.8) is 0 Å². The molecular formula is C9H16O3. The minimum Gasteiger partial charge on any atom is -0.464 e. The summed E-state index contributed by atoms with van der Waals surface area (Å²) in [7, 11) is 0. The Morgan fingerprint density at radius 1 is 1.42 bits per heavy atom. The van der Waals surface area contributed by atoms with Gasteiger partial charge in [0.05, 0.1) is 6.61 Å². The van der Waals surface area contributed by atoms with E-state index in [4.69, 9.17) is 0 Å². The van der Waals surface area contributed by atoms with E-state index in [1.807, 2.05) is 13.8 Å². The maximum absolute atomic E-state index is 11.0. The van der Waals surface area contributed by atoms with Crippen molar-refractivity contribution in [1.82, 2.24) is 0 Å². The molecule has 0 aliphatic rings. The molecule has 0 spiro atoms. The molecular weight excluding hydrogens is 156 g/mol. The molecule has 0 radical (unpaired) electrons. The lowest BCUT2D eigenvalue weighted by Gasteiger charge is -2.11. The van der Waals surface area contributed by atoms with E-state index in [-0.39, 0.29) is 0 Å². The number of allylic oxidation sites excluding steroid dienone is 1. The SMILES string of the molecule is CCOC(=O)[C@H](O)C(C)=C(C)C. The van der Waals surface area contributed by atoms with Gasteiger partial charge in [0.15, 0.2) is 6.10 Å². The Morgan fingerprint density at radius 3 is 2.25 bits per heavy atom. The molecule has 12 heavy (non-hydrogen) atoms. The Labute approximate surface area is 73.0 Å². The van der Waals surface area contributed by atoms with Crippen LogP contribution >= 0.6 is 0 Å². The van der Waals surface area contributed by atoms with Crippen LogP contribution in [-0.2, 0) is 9.53 Å². The third kappa shape index (κ3) is 3.05. The summed E-state index contributed by atoms with van der Waals surface area (Å²) in [5.41, 5.74) is 1.60. The number of rotatable bonds is 3. The fourth-order valence-corrected chi connectivity index (χ4v) is 0.671. The molecule has 0 saturated carbocycles. The minimum absolute atomic E-state index is 0.298. The van der Waals surface area contributed by atoms with Gasteiger partial charge in [-0.2, -0.15) is 0 Å². The summed E-state index contributed by atoms with van der Waals surface area (Å²) in [4.78, 5) is 11.0. The molecule has 0 fully saturated rings. The van der Waals surface area contributed by atoms with Crippen molar-refractivity contribution in [2.24, 2.45) is 0 Å². The molecule has 0 amide bonds. The van der Waals surface area contributed by atoms with Gasteiger partial charge in [0.2, 0.25) is 0 Å². The Balaban J connectivity index is 4.30. The minimum atomic E-state index is -1.10. The van der Waals surface area contributed by atoms with Crippen LogP contribution in [-0.4, -0.2) is 23.8 Å². The third-order valence-corrected chi connectivity index (χ3v) is 1.71. The molecule has 1 N–H and O–H groups in total. The summed E-state index contributed by atoms with van der Waals surface area (Å²) in [6.45, 7) is 7.42. The van der Waals surface area contributed by atoms with Crippen LogP contribution in [0.1, 0.15) is 27.7 Å². The smallest absolute Gasteiger partial charge is 0.339 e. The lowest BCUT2D eigenvalue weighted by Crippen LogP contribution is -2.24. The summed E-state index contributed by atoms with van der Waals surface area (Å²) in [6, 6.07) is 0. The number of esters is 1. The van der Waals surface area contributed by atoms with Crippen LogP contribution in [0.5, 0.6) is 0 Å². The van der Waals surface area contributed by atoms with E-state index in [2.05, 4.69) is 4.74 Å². The zero-order valence-corrected chi connectivity index (χ0v) is 8.05. The van der Waals surface area contributed by atoms with Crippen LogP contribution < -0.4 is 0 Å². The highest BCUT2D eigenvalue weighted by molar-refractivity contribution is 5.77. The first-order valence-corrected chi connectivity index (χ1v) is 3.99. The highest BCUT2D eigenvalue weighted by Crippen LogP contribution is 2.08. The zero-order valence-electron chi connectivity index (χ0n) is 8.05. The van der Waals surface area contributed by atoms with E-state index < -0.39 is 12.1 Å². The Kier molecular flexibility index (Phi) is 4.59. The largest absolute Gasteiger partial charge is 0.464 e. The molecule has 0 rings (SSSR count). The van der Waals surface area contributed by atoms with Gasteiger partial charge in [0.1, 0.15) is 0 Å². The molecule has 1 atom stereocenters. The monoisotopic (exact) mass is 172 g/mol. The van der Waals surface area contributed by atoms with Crippen LogP contribution in [0, 0.1) is 0 Å². The van der Waals surface area contributed by atoms with Crippen LogP contribution in [0.3, 0.4) is 0 Å². The molecule has 0 aromatic rings. The Morgan fingerprint density at radius 2 is 1.92 bits per heavy atom. The number of hydrogen-bond acceptors (Lipinski definition) is 3. The van der Waals surface area contributed by atoms with Crippen LogP contribution in [0.4, 0.5) is 0 Å². The van der Waals surface area contributed by atoms with E-state index in [1.165, 1.54) is 0 Å². The summed E-state index contributed by atoms with van der Waals surface area (Å²) in [6.07, 6.45) is -1.10. The number of hydrogen-bond donors (Lipinski definition) is 1. The molecule has 70 valence electrons. The van der Waals surface area contributed by atoms with Gasteiger partial charge in [-0.15, -0.1) is 0 Å². The molecule has 0 aliphatic heterocycles. The fraction of sp³-hybridized carbons (Fsp3) is 0.667. The first-order chi connectivity index (χ1) is 5.50. The molecule has 0 saturated heterocycles. The molecule has 0 bridgehead atoms. The maximum atomic E-state index is 11.0. The second-order valence-electron chi connectivity index (χ2n) is 2.84. The second-order valence-corrected chi connectivity index (χ2v) is 2.84. The fourth-order valence-electron chi connectivity index (χ4n) is 0.671. The van der Waals surface area contributed by atoms with Gasteiger partial charge >= 0.3 is 5.97 Å². The van der Waals surface area contributed by atoms with Crippen molar-refractivity contribution in [2.75, 3.05) is 6.61 Å². The van der Waals surface area contributed by atoms with E-state index >= 15 is 0 Å². The lowest BCUT2D eigenvalue weighted by atomic mass is 10.1. The number of aliphatic hydroxyl groups is 1. The highest BCUT2D eigenvalue weighted by Gasteiger charge is 2.18. The number of aliphatic hydroxyl groups excluding tert-OH is 1. The topological polar surface area (TPSA) is 46.5 Å². The van der Waals surface area contributed by atoms with E-state index in [1.54, 1.807) is 13.8 Å². The van der Waals surface area contributed by atoms with Crippen LogP contribution in [0.15, 0.2) is 11.1 Å². The Bertz CT molecular complexity index is 190. The number of ether oxygens (including phenoxy) is 1. The van der Waals surface area contributed by atoms with Crippen LogP contribution in [0.2, 0.25) is 0 Å². The molecule has 0 heterocycles. The predicted octanol–water partition coefficient (Wildman–Crippen LogP) is 1.27. The van der Waals surface area contributed by atoms with Gasteiger partial charge in [0.25, 0.3) is 0 Å². The van der Waals surface area contributed by atoms with Crippen molar-refractivity contribution in [2.45, 2.75) is 33.8 Å². The first kappa shape index (κ1) is 11.2. The van der Waals surface area contributed by atoms with Crippen molar-refractivity contribution >= 4 is 5.97 Å². The van der Waals surface area contributed by atoms with Gasteiger partial charge < -0.3 is 9.84 Å². The molecule has 3 heteroatoms. The standard InChI is InChI=1S/C9H16O3/c1-5-12-9(11)8(10)7(4)6(2)3/h8,10H,5H2,1-4H3/t8-/m1/s1. The average molecular weight is 172 g/mol. The predicted molar refractivity (Wildman–Crippen MR) is 46.7 cm³/mol. The maximum Gasteiger partial charge on any atom is 0.339 e. The average Bonchev–Trinajstić information content (AvgIpc) is 2.02. The summed E-state index contributed by atoms with van der Waals surface area (Å²) in [5.74, 6) is -0.573. The molecule has 0 aromatic heterocycles. The van der Waals surface area contributed by atoms with Gasteiger partial charge in [-0.1, -0.05) is 5.57 Å².